The largest absolute Gasteiger partial charge is 0.344 e. The molecule has 0 radical (unpaired) electrons. The van der Waals surface area contributed by atoms with Gasteiger partial charge in [0.05, 0.1) is 6.04 Å². The van der Waals surface area contributed by atoms with E-state index in [9.17, 15) is 4.79 Å². The van der Waals surface area contributed by atoms with Crippen molar-refractivity contribution >= 4 is 17.2 Å². The van der Waals surface area contributed by atoms with Crippen LogP contribution in [0.2, 0.25) is 0 Å². The third kappa shape index (κ3) is 3.45. The Balaban J connectivity index is 1.75. The van der Waals surface area contributed by atoms with Crippen molar-refractivity contribution in [2.45, 2.75) is 19.9 Å². The lowest BCUT2D eigenvalue weighted by atomic mass is 10.0. The van der Waals surface area contributed by atoms with Crippen molar-refractivity contribution in [1.29, 1.82) is 0 Å². The average molecular weight is 327 g/mol. The van der Waals surface area contributed by atoms with Gasteiger partial charge < -0.3 is 5.32 Å². The second kappa shape index (κ2) is 6.70. The number of tetrazole rings is 1. The Hall–Kier alpha value is -2.54. The van der Waals surface area contributed by atoms with E-state index in [0.29, 0.717) is 17.3 Å². The Bertz CT molecular complexity index is 750. The van der Waals surface area contributed by atoms with E-state index in [1.54, 1.807) is 23.5 Å². The van der Waals surface area contributed by atoms with Gasteiger partial charge in [0.1, 0.15) is 0 Å². The first kappa shape index (κ1) is 15.4. The van der Waals surface area contributed by atoms with E-state index in [1.807, 2.05) is 23.6 Å². The van der Waals surface area contributed by atoms with Crippen molar-refractivity contribution in [3.63, 3.8) is 0 Å². The first-order valence-electron chi connectivity index (χ1n) is 7.33. The SMILES string of the molecule is CC(C)[C@H](NC(=O)c1ccc(-c2nn[nH]n2)cc1)c1cccs1. The van der Waals surface area contributed by atoms with Gasteiger partial charge in [-0.15, -0.1) is 21.5 Å². The fourth-order valence-electron chi connectivity index (χ4n) is 2.31. The maximum Gasteiger partial charge on any atom is 0.251 e. The molecule has 2 heterocycles. The van der Waals surface area contributed by atoms with E-state index in [0.717, 1.165) is 10.4 Å². The Kier molecular flexibility index (Phi) is 4.47. The Morgan fingerprint density at radius 3 is 2.57 bits per heavy atom. The van der Waals surface area contributed by atoms with Crippen molar-refractivity contribution in [3.05, 3.63) is 52.2 Å². The summed E-state index contributed by atoms with van der Waals surface area (Å²) < 4.78 is 0. The van der Waals surface area contributed by atoms with Crippen LogP contribution < -0.4 is 5.32 Å². The summed E-state index contributed by atoms with van der Waals surface area (Å²) >= 11 is 1.66. The minimum absolute atomic E-state index is 0.0133. The number of amides is 1. The van der Waals surface area contributed by atoms with Gasteiger partial charge in [0.25, 0.3) is 5.91 Å². The molecule has 0 bridgehead atoms. The summed E-state index contributed by atoms with van der Waals surface area (Å²) in [5.74, 6) is 0.739. The zero-order chi connectivity index (χ0) is 16.2. The van der Waals surface area contributed by atoms with Crippen molar-refractivity contribution in [1.82, 2.24) is 25.9 Å². The number of aromatic amines is 1. The van der Waals surface area contributed by atoms with Crippen molar-refractivity contribution < 1.29 is 4.79 Å². The molecule has 1 atom stereocenters. The molecule has 1 aromatic carbocycles. The normalized spacial score (nSPS) is 12.3. The molecule has 2 N–H and O–H groups in total. The minimum Gasteiger partial charge on any atom is -0.344 e. The molecule has 1 amide bonds. The predicted octanol–water partition coefficient (Wildman–Crippen LogP) is 3.06. The van der Waals surface area contributed by atoms with E-state index in [1.165, 1.54) is 0 Å². The van der Waals surface area contributed by atoms with Crippen LogP contribution in [0.15, 0.2) is 41.8 Å². The molecule has 0 spiro atoms. The van der Waals surface area contributed by atoms with Gasteiger partial charge in [-0.1, -0.05) is 32.0 Å². The van der Waals surface area contributed by atoms with Gasteiger partial charge >= 0.3 is 0 Å². The number of nitrogens with zero attached hydrogens (tertiary/aromatic N) is 3. The van der Waals surface area contributed by atoms with Gasteiger partial charge in [-0.2, -0.15) is 5.21 Å². The number of carbonyl (C=O) groups is 1. The highest BCUT2D eigenvalue weighted by atomic mass is 32.1. The van der Waals surface area contributed by atoms with Crippen LogP contribution in [0, 0.1) is 5.92 Å². The van der Waals surface area contributed by atoms with Crippen LogP contribution in [0.25, 0.3) is 11.4 Å². The van der Waals surface area contributed by atoms with Crippen molar-refractivity contribution in [2.24, 2.45) is 5.92 Å². The zero-order valence-electron chi connectivity index (χ0n) is 12.9. The second-order valence-corrected chi connectivity index (χ2v) is 6.50. The third-order valence-corrected chi connectivity index (χ3v) is 4.51. The number of aromatic nitrogens is 4. The van der Waals surface area contributed by atoms with Gasteiger partial charge in [0.15, 0.2) is 0 Å². The Labute approximate surface area is 137 Å². The molecular formula is C16H17N5OS. The number of H-pyrrole nitrogens is 1. The fourth-order valence-corrected chi connectivity index (χ4v) is 3.26. The molecule has 6 nitrogen and oxygen atoms in total. The van der Waals surface area contributed by atoms with Gasteiger partial charge in [-0.25, -0.2) is 0 Å². The van der Waals surface area contributed by atoms with Crippen molar-refractivity contribution in [3.8, 4) is 11.4 Å². The molecule has 23 heavy (non-hydrogen) atoms. The van der Waals surface area contributed by atoms with Gasteiger partial charge in [-0.05, 0) is 34.7 Å². The minimum atomic E-state index is -0.0863. The zero-order valence-corrected chi connectivity index (χ0v) is 13.7. The maximum absolute atomic E-state index is 12.5. The summed E-state index contributed by atoms with van der Waals surface area (Å²) in [4.78, 5) is 13.7. The summed E-state index contributed by atoms with van der Waals surface area (Å²) in [7, 11) is 0. The van der Waals surface area contributed by atoms with Crippen LogP contribution in [0.3, 0.4) is 0 Å². The van der Waals surface area contributed by atoms with Gasteiger partial charge in [0.2, 0.25) is 5.82 Å². The van der Waals surface area contributed by atoms with Crippen LogP contribution in [-0.2, 0) is 0 Å². The number of carbonyl (C=O) groups excluding carboxylic acids is 1. The van der Waals surface area contributed by atoms with Crippen LogP contribution in [0.1, 0.15) is 35.1 Å². The fraction of sp³-hybridized carbons (Fsp3) is 0.250. The number of nitrogens with one attached hydrogen (secondary N) is 2. The van der Waals surface area contributed by atoms with E-state index < -0.39 is 0 Å². The van der Waals surface area contributed by atoms with Crippen molar-refractivity contribution in [2.75, 3.05) is 0 Å². The lowest BCUT2D eigenvalue weighted by Gasteiger charge is -2.21. The maximum atomic E-state index is 12.5. The Morgan fingerprint density at radius 1 is 1.22 bits per heavy atom. The molecule has 0 unspecified atom stereocenters. The molecule has 0 aliphatic rings. The summed E-state index contributed by atoms with van der Waals surface area (Å²) in [6.45, 7) is 4.20. The molecule has 3 aromatic rings. The quantitative estimate of drug-likeness (QED) is 0.754. The highest BCUT2D eigenvalue weighted by Gasteiger charge is 2.20. The number of thiophene rings is 1. The molecular weight excluding hydrogens is 310 g/mol. The second-order valence-electron chi connectivity index (χ2n) is 5.52. The number of benzene rings is 1. The number of rotatable bonds is 5. The van der Waals surface area contributed by atoms with E-state index in [4.69, 9.17) is 0 Å². The molecule has 7 heteroatoms. The van der Waals surface area contributed by atoms with Crippen LogP contribution in [0.5, 0.6) is 0 Å². The predicted molar refractivity (Wildman–Crippen MR) is 89.0 cm³/mol. The summed E-state index contributed by atoms with van der Waals surface area (Å²) in [6.07, 6.45) is 0. The number of hydrogen-bond acceptors (Lipinski definition) is 5. The molecule has 0 aliphatic carbocycles. The lowest BCUT2D eigenvalue weighted by Crippen LogP contribution is -2.31. The molecule has 118 valence electrons. The van der Waals surface area contributed by atoms with Crippen LogP contribution >= 0.6 is 11.3 Å². The molecule has 2 aromatic heterocycles. The summed E-state index contributed by atoms with van der Waals surface area (Å²) in [6, 6.07) is 11.2. The smallest absolute Gasteiger partial charge is 0.251 e. The standard InChI is InChI=1S/C16H17N5OS/c1-10(2)14(13-4-3-9-23-13)17-16(22)12-7-5-11(6-8-12)15-18-20-21-19-15/h3-10,14H,1-2H3,(H,17,22)(H,18,19,20,21)/t14-/m0/s1. The molecule has 3 rings (SSSR count). The van der Waals surface area contributed by atoms with Crippen LogP contribution in [-0.4, -0.2) is 26.5 Å². The van der Waals surface area contributed by atoms with E-state index in [2.05, 4.69) is 45.9 Å². The van der Waals surface area contributed by atoms with Gasteiger partial charge in [0, 0.05) is 16.0 Å². The molecule has 0 saturated heterocycles. The van der Waals surface area contributed by atoms with Gasteiger partial charge in [-0.3, -0.25) is 4.79 Å². The average Bonchev–Trinajstić information content (AvgIpc) is 3.25. The van der Waals surface area contributed by atoms with Crippen LogP contribution in [0.4, 0.5) is 0 Å². The topological polar surface area (TPSA) is 83.6 Å². The first-order chi connectivity index (χ1) is 11.1. The highest BCUT2D eigenvalue weighted by molar-refractivity contribution is 7.10. The third-order valence-electron chi connectivity index (χ3n) is 3.55. The monoisotopic (exact) mass is 327 g/mol. The number of hydrogen-bond donors (Lipinski definition) is 2. The highest BCUT2D eigenvalue weighted by Crippen LogP contribution is 2.26. The first-order valence-corrected chi connectivity index (χ1v) is 8.21. The summed E-state index contributed by atoms with van der Waals surface area (Å²) in [5.41, 5.74) is 1.42. The van der Waals surface area contributed by atoms with E-state index >= 15 is 0 Å². The molecule has 0 saturated carbocycles. The Morgan fingerprint density at radius 2 is 2.00 bits per heavy atom. The molecule has 0 fully saturated rings. The van der Waals surface area contributed by atoms with E-state index in [-0.39, 0.29) is 11.9 Å². The lowest BCUT2D eigenvalue weighted by molar-refractivity contribution is 0.0926. The summed E-state index contributed by atoms with van der Waals surface area (Å²) in [5, 5.41) is 18.9. The molecule has 0 aliphatic heterocycles.